The van der Waals surface area contributed by atoms with Gasteiger partial charge >= 0.3 is 17.9 Å². The van der Waals surface area contributed by atoms with Gasteiger partial charge in [0.05, 0.1) is 57.8 Å². The first-order valence-corrected chi connectivity index (χ1v) is 36.6. The Morgan fingerprint density at radius 2 is 0.921 bits per heavy atom. The first-order valence-electron chi connectivity index (χ1n) is 36.6. The lowest BCUT2D eigenvalue weighted by molar-refractivity contribution is -0.148. The summed E-state index contributed by atoms with van der Waals surface area (Å²) < 4.78 is 0. The Bertz CT molecular complexity index is 3860. The summed E-state index contributed by atoms with van der Waals surface area (Å²) in [5, 5.41) is 92.0. The molecule has 41 heteroatoms. The minimum absolute atomic E-state index is 0.0480. The number of amides is 15. The van der Waals surface area contributed by atoms with E-state index in [0.29, 0.717) is 24.0 Å². The number of hydrogen-bond donors (Lipinski definition) is 22. The third-order valence-corrected chi connectivity index (χ3v) is 17.5. The van der Waals surface area contributed by atoms with Crippen molar-refractivity contribution in [1.82, 2.24) is 79.3 Å². The van der Waals surface area contributed by atoms with Gasteiger partial charge in [0.15, 0.2) is 0 Å². The molecule has 0 bridgehead atoms. The van der Waals surface area contributed by atoms with Crippen molar-refractivity contribution >= 4 is 107 Å². The summed E-state index contributed by atoms with van der Waals surface area (Å²) in [6.45, 7) is 3.05. The predicted molar refractivity (Wildman–Crippen MR) is 401 cm³/mol. The van der Waals surface area contributed by atoms with Gasteiger partial charge in [-0.1, -0.05) is 86.6 Å². The topological polar surface area (TPSA) is 652 Å². The highest BCUT2D eigenvalue weighted by Crippen LogP contribution is 2.21. The summed E-state index contributed by atoms with van der Waals surface area (Å²) in [5.74, 6) is -20.0. The molecule has 114 heavy (non-hydrogen) atoms. The number of aliphatic hydroxyl groups is 2. The SMILES string of the molecule is CC(C)C[C@H](NC(=O)[C@@H]1CCCN1C(=O)[C@H](CC(=O)O)NC(=O)[C@H](Cc1ccc(O)cc1)NC(=O)[C@H](C)NC(=O)CNC(=O)CNC(=O)[C@H](CCCCN)NC(=O)CNC(=O)[C@@H](N)Cc1ccccc1)C(=O)N[C@@H](CO)C(=O)N[C@@H](C)C(=O)NCC(=O)N[C@@H](Cc1ccccc1)C(=O)N[C@H](C(=O)N[C@@H](CC(=O)O)C(=O)O)[C@@H](C)O. The number of carbonyl (C=O) groups excluding carboxylic acids is 15. The molecule has 24 N–H and O–H groups in total. The van der Waals surface area contributed by atoms with Crippen LogP contribution in [0.15, 0.2) is 84.9 Å². The number of phenolic OH excluding ortho intramolecular Hbond substituents is 1. The van der Waals surface area contributed by atoms with Crippen molar-refractivity contribution in [3.05, 3.63) is 102 Å². The minimum atomic E-state index is -1.95. The smallest absolute Gasteiger partial charge is 0.326 e. The van der Waals surface area contributed by atoms with Gasteiger partial charge in [-0.05, 0) is 107 Å². The molecule has 0 unspecified atom stereocenters. The van der Waals surface area contributed by atoms with Crippen LogP contribution in [0.4, 0.5) is 0 Å². The van der Waals surface area contributed by atoms with Gasteiger partial charge in [-0.3, -0.25) is 81.5 Å². The van der Waals surface area contributed by atoms with Crippen LogP contribution >= 0.6 is 0 Å². The number of aromatic hydroxyl groups is 1. The van der Waals surface area contributed by atoms with Crippen molar-refractivity contribution in [3.8, 4) is 5.75 Å². The van der Waals surface area contributed by atoms with Gasteiger partial charge in [-0.25, -0.2) is 4.79 Å². The number of hydrogen-bond acceptors (Lipinski definition) is 23. The minimum Gasteiger partial charge on any atom is -0.508 e. The van der Waals surface area contributed by atoms with E-state index in [9.17, 15) is 112 Å². The number of phenols is 1. The Hall–Kier alpha value is -12.2. The lowest BCUT2D eigenvalue weighted by Gasteiger charge is -2.31. The number of nitrogens with two attached hydrogens (primary N) is 2. The number of aliphatic hydroxyl groups excluding tert-OH is 2. The highest BCUT2D eigenvalue weighted by atomic mass is 16.4. The molecule has 624 valence electrons. The van der Waals surface area contributed by atoms with Gasteiger partial charge in [0.25, 0.3) is 0 Å². The van der Waals surface area contributed by atoms with Crippen LogP contribution in [0.3, 0.4) is 0 Å². The summed E-state index contributed by atoms with van der Waals surface area (Å²) in [4.78, 5) is 239. The second kappa shape index (κ2) is 47.9. The number of carbonyl (C=O) groups is 18. The molecule has 0 radical (unpaired) electrons. The molecule has 1 aliphatic heterocycles. The molecule has 1 saturated heterocycles. The van der Waals surface area contributed by atoms with E-state index in [0.717, 1.165) is 17.4 Å². The quantitative estimate of drug-likeness (QED) is 0.0234. The second-order valence-corrected chi connectivity index (χ2v) is 27.4. The standard InChI is InChI=1S/C73H103N17O24/c1-38(2)27-48(66(106)88-53(37-91)69(109)81-39(3)62(102)77-35-58(97)83-49(29-43-17-10-7-11-18-43)68(108)89-61(41(5)92)71(111)87-52(73(113)114)32-60(100)101)85-70(110)54-20-14-26-90(54)72(112)51(31-59(98)99)86-67(107)50(30-44-21-23-45(93)24-22-44)84-63(103)40(4)80-56(95)34-76-55(94)33-79-65(105)47(19-12-13-25-74)82-57(96)36-78-64(104)46(75)28-42-15-8-6-9-16-42/h6-11,15-18,21-24,38-41,46-54,61,91-93H,12-14,19-20,25-37,74-75H2,1-5H3,(H,76,94)(H,77,102)(H,78,104)(H,79,105)(H,80,95)(H,81,109)(H,82,96)(H,83,97)(H,84,103)(H,85,110)(H,86,107)(H,87,111)(H,88,106)(H,89,108)(H,98,99)(H,100,101)(H,113,114)/t39-,40-,41+,46-,47-,48-,49-,50-,51-,52-,53-,54-,61-/m0/s1. The molecular weight excluding hydrogens is 1500 g/mol. The van der Waals surface area contributed by atoms with E-state index in [-0.39, 0.29) is 69.7 Å². The first kappa shape index (κ1) is 94.1. The van der Waals surface area contributed by atoms with E-state index >= 15 is 0 Å². The van der Waals surface area contributed by atoms with Crippen molar-refractivity contribution in [2.24, 2.45) is 17.4 Å². The molecule has 0 aromatic heterocycles. The van der Waals surface area contributed by atoms with E-state index in [1.807, 2.05) is 5.32 Å². The van der Waals surface area contributed by atoms with Crippen molar-refractivity contribution in [2.45, 2.75) is 184 Å². The molecule has 0 spiro atoms. The number of benzene rings is 3. The Morgan fingerprint density at radius 3 is 1.48 bits per heavy atom. The lowest BCUT2D eigenvalue weighted by atomic mass is 10.0. The summed E-state index contributed by atoms with van der Waals surface area (Å²) in [6, 6.07) is 3.61. The van der Waals surface area contributed by atoms with E-state index in [4.69, 9.17) is 16.6 Å². The second-order valence-electron chi connectivity index (χ2n) is 27.4. The van der Waals surface area contributed by atoms with Crippen LogP contribution in [0.25, 0.3) is 0 Å². The van der Waals surface area contributed by atoms with Crippen LogP contribution in [0.5, 0.6) is 5.75 Å². The molecule has 0 aliphatic carbocycles. The maximum atomic E-state index is 14.5. The van der Waals surface area contributed by atoms with E-state index < -0.39 is 231 Å². The maximum absolute atomic E-state index is 14.5. The molecule has 13 atom stereocenters. The maximum Gasteiger partial charge on any atom is 0.326 e. The highest BCUT2D eigenvalue weighted by Gasteiger charge is 2.42. The molecule has 3 aromatic carbocycles. The van der Waals surface area contributed by atoms with E-state index in [2.05, 4.69) is 69.1 Å². The zero-order chi connectivity index (χ0) is 84.9. The average Bonchev–Trinajstić information content (AvgIpc) is 1.64. The van der Waals surface area contributed by atoms with Crippen molar-refractivity contribution in [2.75, 3.05) is 45.9 Å². The number of aliphatic carboxylic acids is 3. The highest BCUT2D eigenvalue weighted by molar-refractivity contribution is 6.01. The summed E-state index contributed by atoms with van der Waals surface area (Å²) in [5.41, 5.74) is 13.2. The summed E-state index contributed by atoms with van der Waals surface area (Å²) in [7, 11) is 0. The third kappa shape index (κ3) is 33.4. The fourth-order valence-corrected chi connectivity index (χ4v) is 11.4. The van der Waals surface area contributed by atoms with Gasteiger partial charge in [-0.15, -0.1) is 0 Å². The van der Waals surface area contributed by atoms with Gasteiger partial charge in [0.1, 0.15) is 72.2 Å². The molecule has 15 amide bonds. The normalized spacial score (nSPS) is 15.5. The number of likely N-dealkylation sites (tertiary alicyclic amines) is 1. The zero-order valence-corrected chi connectivity index (χ0v) is 63.5. The van der Waals surface area contributed by atoms with Gasteiger partial charge < -0.3 is 121 Å². The molecule has 41 nitrogen and oxygen atoms in total. The fraction of sp³-hybridized carbons (Fsp3) is 0.507. The van der Waals surface area contributed by atoms with Crippen molar-refractivity contribution in [3.63, 3.8) is 0 Å². The van der Waals surface area contributed by atoms with E-state index in [1.54, 1.807) is 74.5 Å². The Labute approximate surface area is 654 Å². The van der Waals surface area contributed by atoms with Crippen molar-refractivity contribution < 1.29 is 117 Å². The monoisotopic (exact) mass is 1600 g/mol. The van der Waals surface area contributed by atoms with Crippen molar-refractivity contribution in [1.29, 1.82) is 0 Å². The molecule has 1 fully saturated rings. The van der Waals surface area contributed by atoms with Crippen LogP contribution in [0, 0.1) is 5.92 Å². The number of nitrogens with zero attached hydrogens (tertiary/aromatic N) is 1. The van der Waals surface area contributed by atoms with Gasteiger partial charge in [-0.2, -0.15) is 0 Å². The number of nitrogens with one attached hydrogen (secondary N) is 14. The predicted octanol–water partition coefficient (Wildman–Crippen LogP) is -7.33. The molecule has 4 rings (SSSR count). The van der Waals surface area contributed by atoms with Crippen LogP contribution in [-0.2, 0) is 106 Å². The van der Waals surface area contributed by atoms with Crippen LogP contribution in [-0.4, -0.2) is 267 Å². The van der Waals surface area contributed by atoms with Crippen LogP contribution in [0.2, 0.25) is 0 Å². The molecule has 1 aliphatic rings. The average molecular weight is 1600 g/mol. The molecule has 3 aromatic rings. The Morgan fingerprint density at radius 1 is 0.456 bits per heavy atom. The van der Waals surface area contributed by atoms with E-state index in [1.165, 1.54) is 38.1 Å². The summed E-state index contributed by atoms with van der Waals surface area (Å²) >= 11 is 0. The zero-order valence-electron chi connectivity index (χ0n) is 63.5. The number of carboxylic acid groups (broad SMARTS) is 3. The summed E-state index contributed by atoms with van der Waals surface area (Å²) in [6.07, 6.45) is -3.23. The third-order valence-electron chi connectivity index (χ3n) is 17.5. The number of rotatable bonds is 48. The van der Waals surface area contributed by atoms with Gasteiger partial charge in [0, 0.05) is 19.4 Å². The molecule has 0 saturated carbocycles. The number of carboxylic acids is 3. The Kier molecular flexibility index (Phi) is 39.5. The lowest BCUT2D eigenvalue weighted by Crippen LogP contribution is -2.60. The van der Waals surface area contributed by atoms with Gasteiger partial charge in [0.2, 0.25) is 88.6 Å². The first-order chi connectivity index (χ1) is 53.9. The molecule has 1 heterocycles. The van der Waals surface area contributed by atoms with Crippen LogP contribution in [0.1, 0.15) is 103 Å². The fourth-order valence-electron chi connectivity index (χ4n) is 11.4. The van der Waals surface area contributed by atoms with Crippen LogP contribution < -0.4 is 85.9 Å². The number of unbranched alkanes of at least 4 members (excludes halogenated alkanes) is 1. The largest absolute Gasteiger partial charge is 0.508 e. The Balaban J connectivity index is 1.37. The molecular formula is C73H103N17O24.